The van der Waals surface area contributed by atoms with E-state index in [9.17, 15) is 9.59 Å². The van der Waals surface area contributed by atoms with Crippen molar-refractivity contribution in [3.63, 3.8) is 0 Å². The van der Waals surface area contributed by atoms with Gasteiger partial charge in [0.15, 0.2) is 0 Å². The molecular weight excluding hydrogens is 308 g/mol. The van der Waals surface area contributed by atoms with Crippen LogP contribution in [0.1, 0.15) is 19.8 Å². The number of nitrogens with one attached hydrogen (secondary N) is 2. The fourth-order valence-corrected chi connectivity index (χ4v) is 3.18. The number of thioether (sulfide) groups is 1. The zero-order valence-corrected chi connectivity index (χ0v) is 13.2. The molecule has 21 heavy (non-hydrogen) atoms. The predicted molar refractivity (Wildman–Crippen MR) is 84.6 cm³/mol. The van der Waals surface area contributed by atoms with E-state index in [-0.39, 0.29) is 11.7 Å². The second kappa shape index (κ2) is 7.94. The van der Waals surface area contributed by atoms with Crippen molar-refractivity contribution in [1.29, 1.82) is 0 Å². The summed E-state index contributed by atoms with van der Waals surface area (Å²) in [5, 5.41) is 8.56. The van der Waals surface area contributed by atoms with E-state index in [2.05, 4.69) is 20.6 Å². The summed E-state index contributed by atoms with van der Waals surface area (Å²) in [6, 6.07) is 1.48. The number of hydrogen-bond acceptors (Lipinski definition) is 6. The Balaban J connectivity index is 1.81. The van der Waals surface area contributed by atoms with E-state index in [0.29, 0.717) is 6.54 Å². The molecule has 2 heterocycles. The van der Waals surface area contributed by atoms with Crippen LogP contribution in [0, 0.1) is 0 Å². The van der Waals surface area contributed by atoms with Gasteiger partial charge in [0, 0.05) is 11.9 Å². The number of carbonyl (C=O) groups is 2. The van der Waals surface area contributed by atoms with E-state index < -0.39 is 6.03 Å². The molecule has 0 unspecified atom stereocenters. The standard InChI is InChI=1S/C13H16N4O2S2/c1-2-3-5-14-13(19)17-10(18)7-21-12-9-4-6-20-11(9)15-8-16-12/h4,6,8H,2-3,5,7H2,1H3,(H2,14,17,18,19). The van der Waals surface area contributed by atoms with Crippen molar-refractivity contribution in [3.05, 3.63) is 17.8 Å². The Morgan fingerprint density at radius 2 is 2.24 bits per heavy atom. The minimum atomic E-state index is -0.447. The van der Waals surface area contributed by atoms with Gasteiger partial charge in [-0.2, -0.15) is 0 Å². The average Bonchev–Trinajstić information content (AvgIpc) is 2.94. The highest BCUT2D eigenvalue weighted by atomic mass is 32.2. The van der Waals surface area contributed by atoms with Gasteiger partial charge in [0.05, 0.1) is 5.75 Å². The first-order valence-electron chi connectivity index (χ1n) is 6.59. The van der Waals surface area contributed by atoms with Gasteiger partial charge in [-0.05, 0) is 17.9 Å². The summed E-state index contributed by atoms with van der Waals surface area (Å²) in [7, 11) is 0. The van der Waals surface area contributed by atoms with E-state index >= 15 is 0 Å². The normalized spacial score (nSPS) is 10.5. The monoisotopic (exact) mass is 324 g/mol. The number of thiophene rings is 1. The molecule has 0 aliphatic heterocycles. The average molecular weight is 324 g/mol. The van der Waals surface area contributed by atoms with Crippen LogP contribution in [-0.4, -0.2) is 34.2 Å². The zero-order valence-electron chi connectivity index (χ0n) is 11.6. The molecule has 0 saturated heterocycles. The van der Waals surface area contributed by atoms with Crippen LogP contribution in [-0.2, 0) is 4.79 Å². The van der Waals surface area contributed by atoms with Gasteiger partial charge in [-0.1, -0.05) is 25.1 Å². The largest absolute Gasteiger partial charge is 0.338 e. The first-order valence-corrected chi connectivity index (χ1v) is 8.46. The van der Waals surface area contributed by atoms with Gasteiger partial charge in [0.1, 0.15) is 16.2 Å². The van der Waals surface area contributed by atoms with Gasteiger partial charge in [0.25, 0.3) is 0 Å². The van der Waals surface area contributed by atoms with Crippen molar-refractivity contribution in [1.82, 2.24) is 20.6 Å². The molecule has 2 N–H and O–H groups in total. The van der Waals surface area contributed by atoms with Crippen molar-refractivity contribution in [2.75, 3.05) is 12.3 Å². The maximum absolute atomic E-state index is 11.7. The molecular formula is C13H16N4O2S2. The summed E-state index contributed by atoms with van der Waals surface area (Å²) in [6.07, 6.45) is 3.37. The minimum absolute atomic E-state index is 0.142. The molecule has 0 bridgehead atoms. The number of amides is 3. The zero-order chi connectivity index (χ0) is 15.1. The lowest BCUT2D eigenvalue weighted by atomic mass is 10.3. The SMILES string of the molecule is CCCCNC(=O)NC(=O)CSc1ncnc2sccc12. The van der Waals surface area contributed by atoms with Crippen LogP contribution in [0.2, 0.25) is 0 Å². The number of fused-ring (bicyclic) bond motifs is 1. The van der Waals surface area contributed by atoms with Gasteiger partial charge in [0.2, 0.25) is 5.91 Å². The molecule has 0 saturated carbocycles. The molecule has 112 valence electrons. The van der Waals surface area contributed by atoms with Crippen molar-refractivity contribution in [3.8, 4) is 0 Å². The summed E-state index contributed by atoms with van der Waals surface area (Å²) in [4.78, 5) is 32.3. The number of carbonyl (C=O) groups excluding carboxylic acids is 2. The number of urea groups is 1. The van der Waals surface area contributed by atoms with Crippen molar-refractivity contribution in [2.24, 2.45) is 0 Å². The summed E-state index contributed by atoms with van der Waals surface area (Å²) in [5.74, 6) is -0.195. The topological polar surface area (TPSA) is 84.0 Å². The lowest BCUT2D eigenvalue weighted by Crippen LogP contribution is -2.40. The van der Waals surface area contributed by atoms with Gasteiger partial charge in [-0.25, -0.2) is 14.8 Å². The molecule has 0 aliphatic carbocycles. The van der Waals surface area contributed by atoms with Gasteiger partial charge in [-0.15, -0.1) is 11.3 Å². The third-order valence-corrected chi connectivity index (χ3v) is 4.46. The molecule has 0 aromatic carbocycles. The molecule has 2 aromatic heterocycles. The fourth-order valence-electron chi connectivity index (χ4n) is 1.60. The Bertz CT molecular complexity index is 629. The van der Waals surface area contributed by atoms with E-state index in [1.165, 1.54) is 29.4 Å². The van der Waals surface area contributed by atoms with Gasteiger partial charge >= 0.3 is 6.03 Å². The summed E-state index contributed by atoms with van der Waals surface area (Å²) in [5.41, 5.74) is 0. The van der Waals surface area contributed by atoms with Crippen LogP contribution in [0.5, 0.6) is 0 Å². The second-order valence-corrected chi connectivity index (χ2v) is 6.12. The first kappa shape index (κ1) is 15.7. The van der Waals surface area contributed by atoms with Crippen molar-refractivity contribution in [2.45, 2.75) is 24.8 Å². The van der Waals surface area contributed by atoms with E-state index in [0.717, 1.165) is 28.1 Å². The quantitative estimate of drug-likeness (QED) is 0.484. The Kier molecular flexibility index (Phi) is 5.94. The second-order valence-electron chi connectivity index (χ2n) is 4.26. The number of nitrogens with zero attached hydrogens (tertiary/aromatic N) is 2. The van der Waals surface area contributed by atoms with Crippen LogP contribution in [0.15, 0.2) is 22.8 Å². The maximum Gasteiger partial charge on any atom is 0.321 e. The highest BCUT2D eigenvalue weighted by Gasteiger charge is 2.10. The highest BCUT2D eigenvalue weighted by Crippen LogP contribution is 2.27. The summed E-state index contributed by atoms with van der Waals surface area (Å²) < 4.78 is 0. The van der Waals surface area contributed by atoms with E-state index in [1.807, 2.05) is 18.4 Å². The third kappa shape index (κ3) is 4.68. The van der Waals surface area contributed by atoms with Crippen molar-refractivity contribution < 1.29 is 9.59 Å². The number of rotatable bonds is 6. The van der Waals surface area contributed by atoms with E-state index in [1.54, 1.807) is 0 Å². The summed E-state index contributed by atoms with van der Waals surface area (Å²) in [6.45, 7) is 2.61. The Labute approximate surface area is 130 Å². The fraction of sp³-hybridized carbons (Fsp3) is 0.385. The third-order valence-electron chi connectivity index (χ3n) is 2.63. The molecule has 2 rings (SSSR count). The van der Waals surface area contributed by atoms with Crippen LogP contribution in [0.3, 0.4) is 0 Å². The number of aromatic nitrogens is 2. The molecule has 6 nitrogen and oxygen atoms in total. The van der Waals surface area contributed by atoms with E-state index in [4.69, 9.17) is 0 Å². The van der Waals surface area contributed by atoms with Crippen molar-refractivity contribution >= 4 is 45.3 Å². The van der Waals surface area contributed by atoms with Crippen LogP contribution >= 0.6 is 23.1 Å². The number of unbranched alkanes of at least 4 members (excludes halogenated alkanes) is 1. The molecule has 0 radical (unpaired) electrons. The molecule has 0 fully saturated rings. The predicted octanol–water partition coefficient (Wildman–Crippen LogP) is 2.41. The molecule has 0 atom stereocenters. The lowest BCUT2D eigenvalue weighted by molar-refractivity contribution is -0.117. The Hall–Kier alpha value is -1.67. The van der Waals surface area contributed by atoms with Crippen LogP contribution in [0.25, 0.3) is 10.2 Å². The minimum Gasteiger partial charge on any atom is -0.338 e. The molecule has 0 spiro atoms. The number of hydrogen-bond donors (Lipinski definition) is 2. The van der Waals surface area contributed by atoms with Crippen LogP contribution < -0.4 is 10.6 Å². The first-order chi connectivity index (χ1) is 10.2. The van der Waals surface area contributed by atoms with Crippen LogP contribution in [0.4, 0.5) is 4.79 Å². The van der Waals surface area contributed by atoms with Gasteiger partial charge in [-0.3, -0.25) is 10.1 Å². The molecule has 8 heteroatoms. The molecule has 3 amide bonds. The highest BCUT2D eigenvalue weighted by molar-refractivity contribution is 8.00. The molecule has 2 aromatic rings. The molecule has 0 aliphatic rings. The Morgan fingerprint density at radius 3 is 3.05 bits per heavy atom. The lowest BCUT2D eigenvalue weighted by Gasteiger charge is -2.06. The van der Waals surface area contributed by atoms with Gasteiger partial charge < -0.3 is 5.32 Å². The number of imide groups is 1. The maximum atomic E-state index is 11.7. The Morgan fingerprint density at radius 1 is 1.38 bits per heavy atom. The smallest absolute Gasteiger partial charge is 0.321 e. The summed E-state index contributed by atoms with van der Waals surface area (Å²) >= 11 is 2.82.